The first-order chi connectivity index (χ1) is 16.0. The van der Waals surface area contributed by atoms with Crippen LogP contribution < -0.4 is 14.8 Å². The number of nitrogens with zero attached hydrogens (tertiary/aromatic N) is 1. The molecule has 1 aliphatic heterocycles. The molecule has 2 fully saturated rings. The lowest BCUT2D eigenvalue weighted by Gasteiger charge is -2.52. The number of rotatable bonds is 11. The number of methoxy groups -OCH3 is 2. The normalized spacial score (nSPS) is 26.3. The molecule has 3 rings (SSSR count). The fourth-order valence-corrected chi connectivity index (χ4v) is 5.85. The molecule has 0 radical (unpaired) electrons. The van der Waals surface area contributed by atoms with E-state index in [0.717, 1.165) is 62.1 Å². The van der Waals surface area contributed by atoms with E-state index in [2.05, 4.69) is 24.1 Å². The summed E-state index contributed by atoms with van der Waals surface area (Å²) in [5, 5.41) is 14.8. The number of fused-ring (bicyclic) bond motifs is 1. The van der Waals surface area contributed by atoms with Crippen LogP contribution in [0, 0.1) is 11.8 Å². The van der Waals surface area contributed by atoms with Crippen LogP contribution >= 0.6 is 0 Å². The van der Waals surface area contributed by atoms with Gasteiger partial charge >= 0.3 is 0 Å². The largest absolute Gasteiger partial charge is 0.497 e. The Balaban J connectivity index is 1.82. The minimum atomic E-state index is -0.683. The minimum absolute atomic E-state index is 0.0676. The van der Waals surface area contributed by atoms with E-state index in [1.165, 1.54) is 12.8 Å². The number of piperidine rings is 1. The van der Waals surface area contributed by atoms with Crippen molar-refractivity contribution in [1.82, 2.24) is 10.2 Å². The smallest absolute Gasteiger partial charge is 0.234 e. The average molecular weight is 461 g/mol. The standard InChI is InChI=1S/C27H44N2O4/c1-5-7-10-20(6-2)18-28-25(30)19-29-16-15-27(31)14-9-8-11-23(27)26(29)22-17-21(32-3)12-13-24(22)33-4/h12-13,17,20,23,26,31H,5-11,14-16,18-19H2,1-4H3,(H,28,30)/t20?,23-,26-,27-/m0/s1. The second-order valence-electron chi connectivity index (χ2n) is 9.95. The van der Waals surface area contributed by atoms with E-state index in [9.17, 15) is 9.90 Å². The summed E-state index contributed by atoms with van der Waals surface area (Å²) in [6.45, 7) is 6.18. The lowest BCUT2D eigenvalue weighted by Crippen LogP contribution is -2.56. The van der Waals surface area contributed by atoms with Crippen LogP contribution in [0.1, 0.15) is 83.2 Å². The average Bonchev–Trinajstić information content (AvgIpc) is 2.83. The maximum absolute atomic E-state index is 13.0. The van der Waals surface area contributed by atoms with Crippen LogP contribution in [-0.4, -0.2) is 55.4 Å². The quantitative estimate of drug-likeness (QED) is 0.501. The predicted octanol–water partition coefficient (Wildman–Crippen LogP) is 4.70. The van der Waals surface area contributed by atoms with Crippen LogP contribution in [0.15, 0.2) is 18.2 Å². The molecule has 4 atom stereocenters. The highest BCUT2D eigenvalue weighted by Gasteiger charge is 2.50. The van der Waals surface area contributed by atoms with E-state index in [4.69, 9.17) is 9.47 Å². The Morgan fingerprint density at radius 1 is 1.24 bits per heavy atom. The Labute approximate surface area is 200 Å². The van der Waals surface area contributed by atoms with Gasteiger partial charge in [-0.3, -0.25) is 9.69 Å². The van der Waals surface area contributed by atoms with Crippen LogP contribution in [0.3, 0.4) is 0 Å². The number of hydrogen-bond donors (Lipinski definition) is 2. The number of benzene rings is 1. The van der Waals surface area contributed by atoms with Crippen molar-refractivity contribution < 1.29 is 19.4 Å². The SMILES string of the molecule is CCCCC(CC)CNC(=O)CN1CC[C@@]2(O)CCCC[C@H]2[C@@H]1c1cc(OC)ccc1OC. The number of carbonyl (C=O) groups is 1. The molecule has 0 bridgehead atoms. The first-order valence-electron chi connectivity index (χ1n) is 12.9. The molecule has 6 nitrogen and oxygen atoms in total. The molecule has 0 spiro atoms. The zero-order valence-electron chi connectivity index (χ0n) is 21.1. The van der Waals surface area contributed by atoms with Crippen molar-refractivity contribution in [3.8, 4) is 11.5 Å². The Morgan fingerprint density at radius 3 is 2.76 bits per heavy atom. The summed E-state index contributed by atoms with van der Waals surface area (Å²) in [4.78, 5) is 15.3. The van der Waals surface area contributed by atoms with Crippen molar-refractivity contribution >= 4 is 5.91 Å². The maximum Gasteiger partial charge on any atom is 0.234 e. The second-order valence-corrected chi connectivity index (χ2v) is 9.95. The third-order valence-corrected chi connectivity index (χ3v) is 7.90. The topological polar surface area (TPSA) is 71.0 Å². The molecule has 2 aliphatic rings. The van der Waals surface area contributed by atoms with E-state index in [1.807, 2.05) is 18.2 Å². The summed E-state index contributed by atoms with van der Waals surface area (Å²) in [6.07, 6.45) is 9.30. The van der Waals surface area contributed by atoms with Gasteiger partial charge in [-0.05, 0) is 49.8 Å². The molecule has 1 saturated heterocycles. The number of likely N-dealkylation sites (tertiary alicyclic amines) is 1. The van der Waals surface area contributed by atoms with Gasteiger partial charge in [-0.15, -0.1) is 0 Å². The summed E-state index contributed by atoms with van der Waals surface area (Å²) in [7, 11) is 3.34. The Bertz CT molecular complexity index is 770. The van der Waals surface area contributed by atoms with E-state index in [-0.39, 0.29) is 17.9 Å². The minimum Gasteiger partial charge on any atom is -0.497 e. The Hall–Kier alpha value is -1.79. The van der Waals surface area contributed by atoms with Crippen molar-refractivity contribution in [3.05, 3.63) is 23.8 Å². The van der Waals surface area contributed by atoms with Crippen molar-refractivity contribution in [3.63, 3.8) is 0 Å². The number of nitrogens with one attached hydrogen (secondary N) is 1. The van der Waals surface area contributed by atoms with Gasteiger partial charge in [-0.2, -0.15) is 0 Å². The first-order valence-corrected chi connectivity index (χ1v) is 12.9. The number of unbranched alkanes of at least 4 members (excludes halogenated alkanes) is 1. The van der Waals surface area contributed by atoms with Gasteiger partial charge in [0, 0.05) is 30.6 Å². The summed E-state index contributed by atoms with van der Waals surface area (Å²) in [5.74, 6) is 2.22. The van der Waals surface area contributed by atoms with Gasteiger partial charge in [-0.1, -0.05) is 46.0 Å². The van der Waals surface area contributed by atoms with Crippen LogP contribution in [0.4, 0.5) is 0 Å². The van der Waals surface area contributed by atoms with Crippen molar-refractivity contribution in [2.75, 3.05) is 33.9 Å². The molecule has 0 aromatic heterocycles. The number of ether oxygens (including phenoxy) is 2. The van der Waals surface area contributed by atoms with Crippen LogP contribution in [0.2, 0.25) is 0 Å². The van der Waals surface area contributed by atoms with Gasteiger partial charge in [0.1, 0.15) is 11.5 Å². The van der Waals surface area contributed by atoms with Gasteiger partial charge in [0.05, 0.1) is 26.4 Å². The van der Waals surface area contributed by atoms with Crippen molar-refractivity contribution in [1.29, 1.82) is 0 Å². The molecule has 33 heavy (non-hydrogen) atoms. The zero-order chi connectivity index (χ0) is 23.8. The molecule has 186 valence electrons. The lowest BCUT2D eigenvalue weighted by atomic mass is 9.66. The van der Waals surface area contributed by atoms with Crippen LogP contribution in [0.5, 0.6) is 11.5 Å². The van der Waals surface area contributed by atoms with Gasteiger partial charge in [0.2, 0.25) is 5.91 Å². The molecule has 6 heteroatoms. The molecule has 1 saturated carbocycles. The van der Waals surface area contributed by atoms with Gasteiger partial charge in [0.15, 0.2) is 0 Å². The summed E-state index contributed by atoms with van der Waals surface area (Å²) in [6, 6.07) is 5.77. The maximum atomic E-state index is 13.0. The highest BCUT2D eigenvalue weighted by molar-refractivity contribution is 5.78. The molecule has 2 N–H and O–H groups in total. The van der Waals surface area contributed by atoms with Gasteiger partial charge in [0.25, 0.3) is 0 Å². The fraction of sp³-hybridized carbons (Fsp3) is 0.741. The monoisotopic (exact) mass is 460 g/mol. The first kappa shape index (κ1) is 25.8. The Kier molecular flexibility index (Phi) is 9.45. The molecular weight excluding hydrogens is 416 g/mol. The van der Waals surface area contributed by atoms with Crippen LogP contribution in [-0.2, 0) is 4.79 Å². The third kappa shape index (κ3) is 6.21. The molecule has 1 aromatic carbocycles. The summed E-state index contributed by atoms with van der Waals surface area (Å²) < 4.78 is 11.2. The zero-order valence-corrected chi connectivity index (χ0v) is 21.1. The second kappa shape index (κ2) is 12.1. The van der Waals surface area contributed by atoms with Gasteiger partial charge in [-0.25, -0.2) is 0 Å². The van der Waals surface area contributed by atoms with Gasteiger partial charge < -0.3 is 19.9 Å². The molecule has 1 unspecified atom stereocenters. The lowest BCUT2D eigenvalue weighted by molar-refractivity contribution is -0.138. The molecule has 1 heterocycles. The molecule has 1 aliphatic carbocycles. The van der Waals surface area contributed by atoms with Crippen LogP contribution in [0.25, 0.3) is 0 Å². The van der Waals surface area contributed by atoms with Crippen molar-refractivity contribution in [2.24, 2.45) is 11.8 Å². The summed E-state index contributed by atoms with van der Waals surface area (Å²) >= 11 is 0. The predicted molar refractivity (Wildman–Crippen MR) is 132 cm³/mol. The highest BCUT2D eigenvalue weighted by atomic mass is 16.5. The highest BCUT2D eigenvalue weighted by Crippen LogP contribution is 2.51. The van der Waals surface area contributed by atoms with Crippen molar-refractivity contribution in [2.45, 2.75) is 83.3 Å². The summed E-state index contributed by atoms with van der Waals surface area (Å²) in [5.41, 5.74) is 0.321. The number of carbonyl (C=O) groups excluding carboxylic acids is 1. The Morgan fingerprint density at radius 2 is 2.06 bits per heavy atom. The molecule has 1 aromatic rings. The third-order valence-electron chi connectivity index (χ3n) is 7.90. The molecular formula is C27H44N2O4. The number of hydrogen-bond acceptors (Lipinski definition) is 5. The van der Waals surface area contributed by atoms with E-state index < -0.39 is 5.60 Å². The van der Waals surface area contributed by atoms with E-state index in [1.54, 1.807) is 14.2 Å². The van der Waals surface area contributed by atoms with E-state index >= 15 is 0 Å². The van der Waals surface area contributed by atoms with E-state index in [0.29, 0.717) is 25.4 Å². The number of aliphatic hydroxyl groups is 1. The molecule has 1 amide bonds. The number of amides is 1. The fourth-order valence-electron chi connectivity index (χ4n) is 5.85.